The molecular weight excluding hydrogens is 292 g/mol. The first-order valence-corrected chi connectivity index (χ1v) is 7.61. The maximum Gasteiger partial charge on any atom is 0.258 e. The highest BCUT2D eigenvalue weighted by Gasteiger charge is 2.18. The Kier molecular flexibility index (Phi) is 5.05. The predicted molar refractivity (Wildman–Crippen MR) is 93.8 cm³/mol. The fraction of sp³-hybridized carbons (Fsp3) is 0.412. The third-order valence-corrected chi connectivity index (χ3v) is 3.78. The molecule has 2 N–H and O–H groups in total. The Bertz CT molecular complexity index is 778. The maximum atomic E-state index is 12.7. The zero-order chi connectivity index (χ0) is 17.1. The van der Waals surface area contributed by atoms with Crippen LogP contribution in [0, 0.1) is 0 Å². The van der Waals surface area contributed by atoms with Crippen LogP contribution >= 0.6 is 0 Å². The average Bonchev–Trinajstić information content (AvgIpc) is 2.48. The van der Waals surface area contributed by atoms with Crippen LogP contribution in [0.5, 0.6) is 0 Å². The van der Waals surface area contributed by atoms with E-state index in [4.69, 9.17) is 5.73 Å². The van der Waals surface area contributed by atoms with Crippen LogP contribution in [-0.4, -0.2) is 55.0 Å². The lowest BCUT2D eigenvalue weighted by Gasteiger charge is -2.17. The molecule has 1 aromatic heterocycles. The SMILES string of the molecule is CN(C)CCCn1cc(C(=O)N(C)C)c(=O)c2c(N)cccc21. The number of nitrogen functional groups attached to an aromatic ring is 1. The van der Waals surface area contributed by atoms with Gasteiger partial charge < -0.3 is 20.1 Å². The van der Waals surface area contributed by atoms with Crippen LogP contribution in [0.3, 0.4) is 0 Å². The number of aryl methyl sites for hydroxylation is 1. The summed E-state index contributed by atoms with van der Waals surface area (Å²) in [7, 11) is 7.30. The van der Waals surface area contributed by atoms with Gasteiger partial charge in [-0.25, -0.2) is 0 Å². The third kappa shape index (κ3) is 3.53. The molecule has 0 saturated carbocycles. The molecule has 0 saturated heterocycles. The molecule has 1 aromatic carbocycles. The van der Waals surface area contributed by atoms with E-state index in [9.17, 15) is 9.59 Å². The van der Waals surface area contributed by atoms with Crippen molar-refractivity contribution in [3.8, 4) is 0 Å². The smallest absolute Gasteiger partial charge is 0.258 e. The van der Waals surface area contributed by atoms with Crippen molar-refractivity contribution in [2.75, 3.05) is 40.5 Å². The fourth-order valence-corrected chi connectivity index (χ4v) is 2.60. The van der Waals surface area contributed by atoms with E-state index in [0.717, 1.165) is 18.5 Å². The van der Waals surface area contributed by atoms with Crippen molar-refractivity contribution in [1.82, 2.24) is 14.4 Å². The number of anilines is 1. The van der Waals surface area contributed by atoms with E-state index in [2.05, 4.69) is 4.90 Å². The van der Waals surface area contributed by atoms with Crippen molar-refractivity contribution >= 4 is 22.5 Å². The largest absolute Gasteiger partial charge is 0.398 e. The molecular formula is C17H24N4O2. The van der Waals surface area contributed by atoms with E-state index >= 15 is 0 Å². The molecule has 6 heteroatoms. The van der Waals surface area contributed by atoms with E-state index in [1.54, 1.807) is 26.4 Å². The van der Waals surface area contributed by atoms with E-state index in [1.807, 2.05) is 30.8 Å². The Morgan fingerprint density at radius 2 is 1.91 bits per heavy atom. The van der Waals surface area contributed by atoms with Gasteiger partial charge >= 0.3 is 0 Å². The molecule has 124 valence electrons. The highest BCUT2D eigenvalue weighted by molar-refractivity contribution is 5.99. The van der Waals surface area contributed by atoms with Crippen LogP contribution in [0.15, 0.2) is 29.2 Å². The molecule has 0 spiro atoms. The van der Waals surface area contributed by atoms with Gasteiger partial charge in [0, 0.05) is 32.5 Å². The second kappa shape index (κ2) is 6.83. The second-order valence-corrected chi connectivity index (χ2v) is 6.16. The topological polar surface area (TPSA) is 71.6 Å². The summed E-state index contributed by atoms with van der Waals surface area (Å²) in [6, 6.07) is 5.39. The van der Waals surface area contributed by atoms with Crippen molar-refractivity contribution in [2.45, 2.75) is 13.0 Å². The van der Waals surface area contributed by atoms with Crippen LogP contribution in [-0.2, 0) is 6.54 Å². The van der Waals surface area contributed by atoms with Crippen molar-refractivity contribution in [1.29, 1.82) is 0 Å². The van der Waals surface area contributed by atoms with E-state index in [1.165, 1.54) is 4.90 Å². The summed E-state index contributed by atoms with van der Waals surface area (Å²) < 4.78 is 1.95. The first-order valence-electron chi connectivity index (χ1n) is 7.61. The van der Waals surface area contributed by atoms with Crippen LogP contribution < -0.4 is 11.2 Å². The number of fused-ring (bicyclic) bond motifs is 1. The molecule has 0 atom stereocenters. The van der Waals surface area contributed by atoms with Crippen molar-refractivity contribution in [2.24, 2.45) is 0 Å². The Labute approximate surface area is 136 Å². The number of aromatic nitrogens is 1. The first-order chi connectivity index (χ1) is 10.8. The zero-order valence-corrected chi connectivity index (χ0v) is 14.2. The number of amides is 1. The molecule has 0 radical (unpaired) electrons. The number of hydrogen-bond donors (Lipinski definition) is 1. The molecule has 0 unspecified atom stereocenters. The van der Waals surface area contributed by atoms with Gasteiger partial charge in [-0.3, -0.25) is 9.59 Å². The number of nitrogens with zero attached hydrogens (tertiary/aromatic N) is 3. The minimum Gasteiger partial charge on any atom is -0.398 e. The molecule has 6 nitrogen and oxygen atoms in total. The molecule has 0 bridgehead atoms. The monoisotopic (exact) mass is 316 g/mol. The van der Waals surface area contributed by atoms with Crippen molar-refractivity contribution in [3.63, 3.8) is 0 Å². The van der Waals surface area contributed by atoms with Crippen LogP contribution in [0.2, 0.25) is 0 Å². The number of rotatable bonds is 5. The number of benzene rings is 1. The molecule has 2 aromatic rings. The molecule has 1 heterocycles. The van der Waals surface area contributed by atoms with E-state index in [0.29, 0.717) is 17.6 Å². The third-order valence-electron chi connectivity index (χ3n) is 3.78. The van der Waals surface area contributed by atoms with Gasteiger partial charge in [0.1, 0.15) is 5.56 Å². The molecule has 0 aliphatic heterocycles. The van der Waals surface area contributed by atoms with Gasteiger partial charge in [0.15, 0.2) is 0 Å². The van der Waals surface area contributed by atoms with Crippen molar-refractivity contribution in [3.05, 3.63) is 40.2 Å². The fourth-order valence-electron chi connectivity index (χ4n) is 2.60. The van der Waals surface area contributed by atoms with Gasteiger partial charge in [0.25, 0.3) is 5.91 Å². The standard InChI is InChI=1S/C17H24N4O2/c1-19(2)9-6-10-21-11-12(17(23)20(3)4)16(22)15-13(18)7-5-8-14(15)21/h5,7-8,11H,6,9-10,18H2,1-4H3. The average molecular weight is 316 g/mol. The minimum atomic E-state index is -0.305. The van der Waals surface area contributed by atoms with Crippen LogP contribution in [0.4, 0.5) is 5.69 Å². The number of nitrogens with two attached hydrogens (primary N) is 1. The van der Waals surface area contributed by atoms with Gasteiger partial charge in [-0.1, -0.05) is 6.07 Å². The Hall–Kier alpha value is -2.34. The highest BCUT2D eigenvalue weighted by Crippen LogP contribution is 2.19. The quantitative estimate of drug-likeness (QED) is 0.843. The summed E-state index contributed by atoms with van der Waals surface area (Å²) in [5.74, 6) is -0.304. The summed E-state index contributed by atoms with van der Waals surface area (Å²) in [5, 5.41) is 0.421. The molecule has 0 aliphatic rings. The molecule has 2 rings (SSSR count). The second-order valence-electron chi connectivity index (χ2n) is 6.16. The number of carbonyl (C=O) groups excluding carboxylic acids is 1. The Morgan fingerprint density at radius 1 is 1.22 bits per heavy atom. The lowest BCUT2D eigenvalue weighted by Crippen LogP contribution is -2.29. The maximum absolute atomic E-state index is 12.7. The Morgan fingerprint density at radius 3 is 2.52 bits per heavy atom. The summed E-state index contributed by atoms with van der Waals surface area (Å²) in [5.41, 5.74) is 7.03. The summed E-state index contributed by atoms with van der Waals surface area (Å²) in [6.07, 6.45) is 2.57. The summed E-state index contributed by atoms with van der Waals surface area (Å²) >= 11 is 0. The number of hydrogen-bond acceptors (Lipinski definition) is 4. The lowest BCUT2D eigenvalue weighted by molar-refractivity contribution is 0.0825. The summed E-state index contributed by atoms with van der Waals surface area (Å²) in [4.78, 5) is 28.5. The number of carbonyl (C=O) groups is 1. The lowest BCUT2D eigenvalue weighted by atomic mass is 10.1. The zero-order valence-electron chi connectivity index (χ0n) is 14.2. The normalized spacial score (nSPS) is 11.2. The van der Waals surface area contributed by atoms with E-state index < -0.39 is 0 Å². The van der Waals surface area contributed by atoms with Gasteiger partial charge in [0.2, 0.25) is 5.43 Å². The van der Waals surface area contributed by atoms with Gasteiger partial charge in [-0.2, -0.15) is 0 Å². The number of pyridine rings is 1. The van der Waals surface area contributed by atoms with Gasteiger partial charge in [-0.15, -0.1) is 0 Å². The summed E-state index contributed by atoms with van der Waals surface area (Å²) in [6.45, 7) is 1.64. The molecule has 23 heavy (non-hydrogen) atoms. The Balaban J connectivity index is 2.60. The minimum absolute atomic E-state index is 0.158. The van der Waals surface area contributed by atoms with Gasteiger partial charge in [0.05, 0.1) is 10.9 Å². The van der Waals surface area contributed by atoms with E-state index in [-0.39, 0.29) is 16.9 Å². The first kappa shape index (κ1) is 17.0. The van der Waals surface area contributed by atoms with Gasteiger partial charge in [-0.05, 0) is 39.2 Å². The molecule has 0 aliphatic carbocycles. The highest BCUT2D eigenvalue weighted by atomic mass is 16.2. The van der Waals surface area contributed by atoms with Crippen LogP contribution in [0.25, 0.3) is 10.9 Å². The van der Waals surface area contributed by atoms with Crippen molar-refractivity contribution < 1.29 is 4.79 Å². The van der Waals surface area contributed by atoms with Crippen LogP contribution in [0.1, 0.15) is 16.8 Å². The molecule has 0 fully saturated rings. The molecule has 1 amide bonds. The predicted octanol–water partition coefficient (Wildman–Crippen LogP) is 1.24.